The molecule has 152 valence electrons. The van der Waals surface area contributed by atoms with Crippen molar-refractivity contribution in [2.24, 2.45) is 0 Å². The molecule has 0 saturated heterocycles. The van der Waals surface area contributed by atoms with Crippen LogP contribution in [0.25, 0.3) is 11.4 Å². The number of nitrogens with zero attached hydrogens (tertiary/aromatic N) is 6. The molecular formula is C18H21N7O2S2. The molecule has 3 heterocycles. The first kappa shape index (κ1) is 20.9. The zero-order valence-electron chi connectivity index (χ0n) is 16.5. The van der Waals surface area contributed by atoms with Gasteiger partial charge in [0.15, 0.2) is 16.1 Å². The maximum atomic E-state index is 12.4. The molecule has 0 unspecified atom stereocenters. The van der Waals surface area contributed by atoms with Crippen LogP contribution in [0.5, 0.6) is 0 Å². The van der Waals surface area contributed by atoms with Crippen molar-refractivity contribution in [2.75, 3.05) is 25.2 Å². The Labute approximate surface area is 176 Å². The monoisotopic (exact) mass is 431 g/mol. The summed E-state index contributed by atoms with van der Waals surface area (Å²) in [6.07, 6.45) is 3.41. The Morgan fingerprint density at radius 1 is 1.24 bits per heavy atom. The van der Waals surface area contributed by atoms with E-state index in [1.54, 1.807) is 33.4 Å². The summed E-state index contributed by atoms with van der Waals surface area (Å²) in [5, 5.41) is 12.3. The summed E-state index contributed by atoms with van der Waals surface area (Å²) < 4.78 is 1.95. The standard InChI is InChI=1S/C18H21N7O2S2/c1-5-25-15(12-6-8-19-9-7-12)22-23-18(25)28-10-13(26)21-17-20-11(2)14(29-17)16(27)24(3)4/h6-9H,5,10H2,1-4H3,(H,20,21,26). The molecule has 0 bridgehead atoms. The van der Waals surface area contributed by atoms with E-state index in [1.807, 2.05) is 23.6 Å². The molecule has 0 spiro atoms. The minimum Gasteiger partial charge on any atom is -0.344 e. The molecule has 0 aliphatic heterocycles. The van der Waals surface area contributed by atoms with Gasteiger partial charge in [0.1, 0.15) is 4.88 Å². The van der Waals surface area contributed by atoms with E-state index in [2.05, 4.69) is 25.5 Å². The molecule has 1 N–H and O–H groups in total. The van der Waals surface area contributed by atoms with Crippen molar-refractivity contribution < 1.29 is 9.59 Å². The van der Waals surface area contributed by atoms with Crippen molar-refractivity contribution >= 4 is 40.0 Å². The van der Waals surface area contributed by atoms with Gasteiger partial charge in [0.25, 0.3) is 5.91 Å². The van der Waals surface area contributed by atoms with Crippen molar-refractivity contribution in [1.29, 1.82) is 0 Å². The molecule has 3 aromatic rings. The normalized spacial score (nSPS) is 10.8. The molecule has 0 saturated carbocycles. The molecule has 0 aliphatic rings. The first-order valence-electron chi connectivity index (χ1n) is 8.86. The Balaban J connectivity index is 1.65. The third-order valence-corrected chi connectivity index (χ3v) is 5.97. The molecule has 0 radical (unpaired) electrons. The maximum absolute atomic E-state index is 12.4. The first-order valence-corrected chi connectivity index (χ1v) is 10.7. The summed E-state index contributed by atoms with van der Waals surface area (Å²) in [5.74, 6) is 0.544. The number of thiazole rings is 1. The summed E-state index contributed by atoms with van der Waals surface area (Å²) >= 11 is 2.47. The smallest absolute Gasteiger partial charge is 0.265 e. The molecule has 0 aliphatic carbocycles. The highest BCUT2D eigenvalue weighted by Gasteiger charge is 2.19. The molecule has 29 heavy (non-hydrogen) atoms. The summed E-state index contributed by atoms with van der Waals surface area (Å²) in [4.78, 5) is 34.8. The van der Waals surface area contributed by atoms with Crippen LogP contribution in [0.3, 0.4) is 0 Å². The van der Waals surface area contributed by atoms with Gasteiger partial charge in [0.2, 0.25) is 5.91 Å². The number of anilines is 1. The van der Waals surface area contributed by atoms with Gasteiger partial charge in [-0.15, -0.1) is 10.2 Å². The summed E-state index contributed by atoms with van der Waals surface area (Å²) in [6.45, 7) is 4.43. The zero-order valence-corrected chi connectivity index (χ0v) is 18.2. The number of rotatable bonds is 7. The predicted molar refractivity (Wildman–Crippen MR) is 113 cm³/mol. The third-order valence-electron chi connectivity index (χ3n) is 3.95. The fourth-order valence-corrected chi connectivity index (χ4v) is 4.34. The van der Waals surface area contributed by atoms with Crippen LogP contribution in [-0.4, -0.2) is 61.3 Å². The van der Waals surface area contributed by atoms with Crippen LogP contribution in [0.1, 0.15) is 22.3 Å². The first-order chi connectivity index (χ1) is 13.9. The number of pyridine rings is 1. The lowest BCUT2D eigenvalue weighted by molar-refractivity contribution is -0.113. The van der Waals surface area contributed by atoms with Crippen molar-refractivity contribution in [3.8, 4) is 11.4 Å². The van der Waals surface area contributed by atoms with Crippen molar-refractivity contribution in [1.82, 2.24) is 29.6 Å². The second-order valence-corrected chi connectivity index (χ2v) is 8.20. The Bertz CT molecular complexity index is 1010. The number of hydrogen-bond acceptors (Lipinski definition) is 8. The lowest BCUT2D eigenvalue weighted by Gasteiger charge is -2.07. The summed E-state index contributed by atoms with van der Waals surface area (Å²) in [6, 6.07) is 3.74. The zero-order chi connectivity index (χ0) is 21.0. The predicted octanol–water partition coefficient (Wildman–Crippen LogP) is 2.56. The second-order valence-electron chi connectivity index (χ2n) is 6.26. The van der Waals surface area contributed by atoms with E-state index in [1.165, 1.54) is 28.0 Å². The van der Waals surface area contributed by atoms with Gasteiger partial charge in [-0.3, -0.25) is 14.6 Å². The average Bonchev–Trinajstić information content (AvgIpc) is 3.29. The lowest BCUT2D eigenvalue weighted by atomic mass is 10.2. The average molecular weight is 432 g/mol. The van der Waals surface area contributed by atoms with Crippen LogP contribution < -0.4 is 5.32 Å². The Kier molecular flexibility index (Phi) is 6.60. The van der Waals surface area contributed by atoms with E-state index in [0.717, 1.165) is 11.4 Å². The molecule has 11 heteroatoms. The number of thioether (sulfide) groups is 1. The lowest BCUT2D eigenvalue weighted by Crippen LogP contribution is -2.21. The number of carbonyl (C=O) groups excluding carboxylic acids is 2. The summed E-state index contributed by atoms with van der Waals surface area (Å²) in [5.41, 5.74) is 1.52. The topological polar surface area (TPSA) is 106 Å². The van der Waals surface area contributed by atoms with Crippen molar-refractivity contribution in [3.63, 3.8) is 0 Å². The maximum Gasteiger partial charge on any atom is 0.265 e. The van der Waals surface area contributed by atoms with Gasteiger partial charge in [-0.1, -0.05) is 23.1 Å². The Morgan fingerprint density at radius 2 is 1.97 bits per heavy atom. The van der Waals surface area contributed by atoms with Gasteiger partial charge in [-0.05, 0) is 26.0 Å². The van der Waals surface area contributed by atoms with E-state index in [-0.39, 0.29) is 17.6 Å². The SMILES string of the molecule is CCn1c(SCC(=O)Nc2nc(C)c(C(=O)N(C)C)s2)nnc1-c1ccncc1. The van der Waals surface area contributed by atoms with Gasteiger partial charge < -0.3 is 14.8 Å². The molecule has 2 amide bonds. The third kappa shape index (κ3) is 4.80. The minimum absolute atomic E-state index is 0.130. The molecule has 0 aromatic carbocycles. The highest BCUT2D eigenvalue weighted by Crippen LogP contribution is 2.26. The molecule has 0 fully saturated rings. The van der Waals surface area contributed by atoms with Crippen molar-refractivity contribution in [3.05, 3.63) is 35.1 Å². The van der Waals surface area contributed by atoms with Crippen LogP contribution >= 0.6 is 23.1 Å². The fraction of sp³-hybridized carbons (Fsp3) is 0.333. The molecule has 3 rings (SSSR count). The Morgan fingerprint density at radius 3 is 2.62 bits per heavy atom. The van der Waals surface area contributed by atoms with Crippen LogP contribution in [0.4, 0.5) is 5.13 Å². The number of aromatic nitrogens is 5. The second kappa shape index (κ2) is 9.14. The number of aryl methyl sites for hydroxylation is 1. The van der Waals surface area contributed by atoms with Crippen LogP contribution in [0, 0.1) is 6.92 Å². The van der Waals surface area contributed by atoms with Crippen LogP contribution in [0.2, 0.25) is 0 Å². The van der Waals surface area contributed by atoms with E-state index >= 15 is 0 Å². The number of hydrogen-bond donors (Lipinski definition) is 1. The highest BCUT2D eigenvalue weighted by molar-refractivity contribution is 7.99. The van der Waals surface area contributed by atoms with Gasteiger partial charge in [0.05, 0.1) is 11.4 Å². The van der Waals surface area contributed by atoms with Gasteiger partial charge in [-0.2, -0.15) is 0 Å². The van der Waals surface area contributed by atoms with Crippen LogP contribution in [0.15, 0.2) is 29.7 Å². The van der Waals surface area contributed by atoms with E-state index in [9.17, 15) is 9.59 Å². The minimum atomic E-state index is -0.219. The van der Waals surface area contributed by atoms with E-state index < -0.39 is 0 Å². The summed E-state index contributed by atoms with van der Waals surface area (Å²) in [7, 11) is 3.36. The van der Waals surface area contributed by atoms with E-state index in [4.69, 9.17) is 0 Å². The van der Waals surface area contributed by atoms with Gasteiger partial charge in [-0.25, -0.2) is 4.98 Å². The van der Waals surface area contributed by atoms with Gasteiger partial charge >= 0.3 is 0 Å². The fourth-order valence-electron chi connectivity index (χ4n) is 2.53. The molecular weight excluding hydrogens is 410 g/mol. The molecule has 9 nitrogen and oxygen atoms in total. The number of nitrogens with one attached hydrogen (secondary N) is 1. The molecule has 3 aromatic heterocycles. The highest BCUT2D eigenvalue weighted by atomic mass is 32.2. The van der Waals surface area contributed by atoms with Crippen LogP contribution in [-0.2, 0) is 11.3 Å². The molecule has 0 atom stereocenters. The Hall–Kier alpha value is -2.79. The van der Waals surface area contributed by atoms with Crippen molar-refractivity contribution in [2.45, 2.75) is 25.5 Å². The van der Waals surface area contributed by atoms with Gasteiger partial charge in [0, 0.05) is 38.6 Å². The quantitative estimate of drug-likeness (QED) is 0.573. The number of amides is 2. The number of carbonyl (C=O) groups is 2. The largest absolute Gasteiger partial charge is 0.344 e. The van der Waals surface area contributed by atoms with E-state index in [0.29, 0.717) is 27.4 Å².